The van der Waals surface area contributed by atoms with Gasteiger partial charge in [0.2, 0.25) is 0 Å². The van der Waals surface area contributed by atoms with Crippen LogP contribution >= 0.6 is 31.9 Å². The second kappa shape index (κ2) is 5.66. The number of methoxy groups -OCH3 is 1. The van der Waals surface area contributed by atoms with Crippen molar-refractivity contribution in [3.05, 3.63) is 34.3 Å². The largest absolute Gasteiger partial charge is 0.468 e. The van der Waals surface area contributed by atoms with Crippen LogP contribution in [0.15, 0.2) is 28.7 Å². The van der Waals surface area contributed by atoms with Crippen molar-refractivity contribution in [3.63, 3.8) is 0 Å². The molecule has 0 fully saturated rings. The van der Waals surface area contributed by atoms with E-state index in [1.807, 2.05) is 31.2 Å². The smallest absolute Gasteiger partial charge is 0.320 e. The molecule has 1 aromatic rings. The first-order chi connectivity index (χ1) is 7.06. The number of alkyl halides is 1. The lowest BCUT2D eigenvalue weighted by atomic mass is 9.98. The highest BCUT2D eigenvalue weighted by atomic mass is 79.9. The van der Waals surface area contributed by atoms with Crippen LogP contribution in [0.4, 0.5) is 0 Å². The minimum absolute atomic E-state index is 0.0885. The molecule has 4 heteroatoms. The van der Waals surface area contributed by atoms with Gasteiger partial charge in [0.05, 0.1) is 7.11 Å². The van der Waals surface area contributed by atoms with Gasteiger partial charge in [0.1, 0.15) is 4.83 Å². The molecule has 0 aliphatic heterocycles. The van der Waals surface area contributed by atoms with Crippen LogP contribution in [-0.2, 0) is 9.53 Å². The van der Waals surface area contributed by atoms with E-state index in [9.17, 15) is 4.79 Å². The highest BCUT2D eigenvalue weighted by molar-refractivity contribution is 9.10. The Morgan fingerprint density at radius 1 is 1.33 bits per heavy atom. The van der Waals surface area contributed by atoms with Crippen molar-refractivity contribution in [2.24, 2.45) is 0 Å². The van der Waals surface area contributed by atoms with Crippen LogP contribution in [0.3, 0.4) is 0 Å². The van der Waals surface area contributed by atoms with Crippen LogP contribution in [-0.4, -0.2) is 17.9 Å². The molecule has 0 saturated carbocycles. The van der Waals surface area contributed by atoms with E-state index in [0.29, 0.717) is 0 Å². The summed E-state index contributed by atoms with van der Waals surface area (Å²) in [6.07, 6.45) is 0. The highest BCUT2D eigenvalue weighted by Crippen LogP contribution is 2.26. The quantitative estimate of drug-likeness (QED) is 0.624. The summed E-state index contributed by atoms with van der Waals surface area (Å²) in [5.41, 5.74) is 1.10. The van der Waals surface area contributed by atoms with Crippen LogP contribution in [0.25, 0.3) is 0 Å². The standard InChI is InChI=1S/C11H12Br2O2/c1-7(10(13)11(14)15-2)8-3-5-9(12)6-4-8/h3-7,10H,1-2H3. The van der Waals surface area contributed by atoms with E-state index in [-0.39, 0.29) is 16.7 Å². The lowest BCUT2D eigenvalue weighted by Crippen LogP contribution is -2.21. The van der Waals surface area contributed by atoms with E-state index >= 15 is 0 Å². The molecule has 0 radical (unpaired) electrons. The lowest BCUT2D eigenvalue weighted by molar-refractivity contribution is -0.140. The van der Waals surface area contributed by atoms with Crippen molar-refractivity contribution in [2.45, 2.75) is 17.7 Å². The van der Waals surface area contributed by atoms with Gasteiger partial charge in [-0.1, -0.05) is 50.9 Å². The molecule has 2 atom stereocenters. The van der Waals surface area contributed by atoms with E-state index < -0.39 is 0 Å². The van der Waals surface area contributed by atoms with Gasteiger partial charge in [-0.2, -0.15) is 0 Å². The molecular weight excluding hydrogens is 324 g/mol. The highest BCUT2D eigenvalue weighted by Gasteiger charge is 2.23. The van der Waals surface area contributed by atoms with E-state index in [1.54, 1.807) is 0 Å². The Bertz CT molecular complexity index is 335. The molecule has 0 saturated heterocycles. The zero-order chi connectivity index (χ0) is 11.4. The van der Waals surface area contributed by atoms with Gasteiger partial charge in [-0.25, -0.2) is 0 Å². The monoisotopic (exact) mass is 334 g/mol. The summed E-state index contributed by atoms with van der Waals surface area (Å²) < 4.78 is 5.71. The molecule has 2 nitrogen and oxygen atoms in total. The van der Waals surface area contributed by atoms with Gasteiger partial charge in [-0.05, 0) is 17.7 Å². The molecule has 0 aromatic heterocycles. The number of ether oxygens (including phenoxy) is 1. The summed E-state index contributed by atoms with van der Waals surface area (Å²) >= 11 is 6.71. The molecule has 0 N–H and O–H groups in total. The molecule has 1 rings (SSSR count). The van der Waals surface area contributed by atoms with Gasteiger partial charge in [-0.3, -0.25) is 4.79 Å². The number of halogens is 2. The van der Waals surface area contributed by atoms with Crippen LogP contribution in [0.1, 0.15) is 18.4 Å². The fourth-order valence-electron chi connectivity index (χ4n) is 1.25. The average molecular weight is 336 g/mol. The maximum Gasteiger partial charge on any atom is 0.320 e. The van der Waals surface area contributed by atoms with Crippen molar-refractivity contribution in [3.8, 4) is 0 Å². The van der Waals surface area contributed by atoms with Crippen molar-refractivity contribution >= 4 is 37.8 Å². The van der Waals surface area contributed by atoms with E-state index in [0.717, 1.165) is 10.0 Å². The molecule has 0 bridgehead atoms. The molecule has 2 unspecified atom stereocenters. The SMILES string of the molecule is COC(=O)C(Br)C(C)c1ccc(Br)cc1. The second-order valence-electron chi connectivity index (χ2n) is 3.27. The Labute approximate surface area is 106 Å². The van der Waals surface area contributed by atoms with Gasteiger partial charge in [0.15, 0.2) is 0 Å². The first-order valence-electron chi connectivity index (χ1n) is 4.53. The second-order valence-corrected chi connectivity index (χ2v) is 5.17. The fourth-order valence-corrected chi connectivity index (χ4v) is 2.01. The summed E-state index contributed by atoms with van der Waals surface area (Å²) in [5.74, 6) is -0.157. The van der Waals surface area contributed by atoms with Crippen molar-refractivity contribution in [1.82, 2.24) is 0 Å². The predicted molar refractivity (Wildman–Crippen MR) is 67.3 cm³/mol. The van der Waals surface area contributed by atoms with Gasteiger partial charge in [-0.15, -0.1) is 0 Å². The van der Waals surface area contributed by atoms with Gasteiger partial charge in [0, 0.05) is 10.4 Å². The van der Waals surface area contributed by atoms with E-state index in [4.69, 9.17) is 0 Å². The van der Waals surface area contributed by atoms with Crippen molar-refractivity contribution < 1.29 is 9.53 Å². The van der Waals surface area contributed by atoms with E-state index in [1.165, 1.54) is 7.11 Å². The Hall–Kier alpha value is -0.350. The molecule has 0 heterocycles. The predicted octanol–water partition coefficient (Wildman–Crippen LogP) is 3.49. The van der Waals surface area contributed by atoms with Gasteiger partial charge < -0.3 is 4.74 Å². The van der Waals surface area contributed by atoms with Crippen LogP contribution in [0, 0.1) is 0 Å². The number of hydrogen-bond acceptors (Lipinski definition) is 2. The van der Waals surface area contributed by atoms with Crippen molar-refractivity contribution in [2.75, 3.05) is 7.11 Å². The molecule has 82 valence electrons. The number of hydrogen-bond donors (Lipinski definition) is 0. The first-order valence-corrected chi connectivity index (χ1v) is 6.24. The van der Waals surface area contributed by atoms with Gasteiger partial charge >= 0.3 is 5.97 Å². The van der Waals surface area contributed by atoms with Crippen LogP contribution < -0.4 is 0 Å². The maximum absolute atomic E-state index is 11.3. The zero-order valence-corrected chi connectivity index (χ0v) is 11.7. The number of benzene rings is 1. The van der Waals surface area contributed by atoms with Crippen molar-refractivity contribution in [1.29, 1.82) is 0 Å². The first kappa shape index (κ1) is 12.7. The summed E-state index contributed by atoms with van der Waals surface area (Å²) in [4.78, 5) is 11.0. The fraction of sp³-hybridized carbons (Fsp3) is 0.364. The Balaban J connectivity index is 2.80. The molecule has 0 amide bonds. The third kappa shape index (κ3) is 3.31. The summed E-state index contributed by atoms with van der Waals surface area (Å²) in [5, 5.41) is 0. The van der Waals surface area contributed by atoms with E-state index in [2.05, 4.69) is 36.6 Å². The lowest BCUT2D eigenvalue weighted by Gasteiger charge is -2.16. The maximum atomic E-state index is 11.3. The van der Waals surface area contributed by atoms with Gasteiger partial charge in [0.25, 0.3) is 0 Å². The minimum Gasteiger partial charge on any atom is -0.468 e. The average Bonchev–Trinajstić information content (AvgIpc) is 2.27. The summed E-state index contributed by atoms with van der Waals surface area (Å²) in [6, 6.07) is 7.91. The normalized spacial score (nSPS) is 14.4. The third-order valence-electron chi connectivity index (χ3n) is 2.26. The molecular formula is C11H12Br2O2. The zero-order valence-electron chi connectivity index (χ0n) is 8.54. The molecule has 0 spiro atoms. The van der Waals surface area contributed by atoms with Crippen LogP contribution in [0.5, 0.6) is 0 Å². The Kier molecular flexibility index (Phi) is 4.80. The number of rotatable bonds is 3. The summed E-state index contributed by atoms with van der Waals surface area (Å²) in [6.45, 7) is 1.99. The summed E-state index contributed by atoms with van der Waals surface area (Å²) in [7, 11) is 1.39. The Morgan fingerprint density at radius 2 is 1.87 bits per heavy atom. The minimum atomic E-state index is -0.302. The number of esters is 1. The Morgan fingerprint density at radius 3 is 2.33 bits per heavy atom. The molecule has 1 aromatic carbocycles. The topological polar surface area (TPSA) is 26.3 Å². The number of carbonyl (C=O) groups is 1. The molecule has 0 aliphatic rings. The van der Waals surface area contributed by atoms with Crippen LogP contribution in [0.2, 0.25) is 0 Å². The third-order valence-corrected chi connectivity index (χ3v) is 3.96. The molecule has 15 heavy (non-hydrogen) atoms. The molecule has 0 aliphatic carbocycles. The number of carbonyl (C=O) groups excluding carboxylic acids is 1.